The molecule has 0 saturated carbocycles. The lowest BCUT2D eigenvalue weighted by molar-refractivity contribution is -0.129. The van der Waals surface area contributed by atoms with Crippen molar-refractivity contribution in [2.24, 2.45) is 0 Å². The average molecular weight is 274 g/mol. The molecule has 1 N–H and O–H groups in total. The molecule has 7 nitrogen and oxygen atoms in total. The van der Waals surface area contributed by atoms with Crippen LogP contribution < -0.4 is 10.2 Å². The van der Waals surface area contributed by atoms with Crippen LogP contribution in [0.2, 0.25) is 0 Å². The summed E-state index contributed by atoms with van der Waals surface area (Å²) in [5.41, 5.74) is 0.847. The van der Waals surface area contributed by atoms with Crippen LogP contribution in [0.3, 0.4) is 0 Å². The van der Waals surface area contributed by atoms with Crippen molar-refractivity contribution in [1.82, 2.24) is 19.3 Å². The fourth-order valence-corrected chi connectivity index (χ4v) is 2.48. The second kappa shape index (κ2) is 4.99. The molecule has 7 heteroatoms. The van der Waals surface area contributed by atoms with Gasteiger partial charge in [-0.1, -0.05) is 0 Å². The molecule has 106 valence electrons. The van der Waals surface area contributed by atoms with Gasteiger partial charge in [0, 0.05) is 52.5 Å². The summed E-state index contributed by atoms with van der Waals surface area (Å²) in [6, 6.07) is 0. The number of hydrogen-bond acceptors (Lipinski definition) is 5. The van der Waals surface area contributed by atoms with Crippen molar-refractivity contribution in [2.45, 2.75) is 6.92 Å². The number of nitrogens with zero attached hydrogens (tertiary/aromatic N) is 5. The fourth-order valence-electron chi connectivity index (χ4n) is 2.48. The smallest absolute Gasteiger partial charge is 0.219 e. The number of nitrogens with one attached hydrogen (secondary N) is 1. The van der Waals surface area contributed by atoms with Crippen molar-refractivity contribution in [2.75, 3.05) is 43.4 Å². The van der Waals surface area contributed by atoms with E-state index in [1.165, 1.54) is 0 Å². The van der Waals surface area contributed by atoms with Crippen molar-refractivity contribution in [3.63, 3.8) is 0 Å². The normalized spacial score (nSPS) is 15.7. The SMILES string of the molecule is CNc1cn2ccnc2c(N2CCN(C(C)=O)CC2)n1. The molecular weight excluding hydrogens is 256 g/mol. The van der Waals surface area contributed by atoms with E-state index < -0.39 is 0 Å². The van der Waals surface area contributed by atoms with Gasteiger partial charge in [-0.2, -0.15) is 0 Å². The summed E-state index contributed by atoms with van der Waals surface area (Å²) in [4.78, 5) is 24.4. The van der Waals surface area contributed by atoms with Crippen LogP contribution in [-0.2, 0) is 4.79 Å². The molecule has 1 aliphatic rings. The number of imidazole rings is 1. The van der Waals surface area contributed by atoms with Crippen molar-refractivity contribution >= 4 is 23.2 Å². The predicted molar refractivity (Wildman–Crippen MR) is 77.0 cm³/mol. The molecular formula is C13H18N6O. The summed E-state index contributed by atoms with van der Waals surface area (Å²) >= 11 is 0. The van der Waals surface area contributed by atoms with Gasteiger partial charge in [-0.05, 0) is 0 Å². The highest BCUT2D eigenvalue weighted by Gasteiger charge is 2.22. The molecule has 1 amide bonds. The van der Waals surface area contributed by atoms with E-state index in [-0.39, 0.29) is 5.91 Å². The van der Waals surface area contributed by atoms with E-state index in [4.69, 9.17) is 0 Å². The number of fused-ring (bicyclic) bond motifs is 1. The van der Waals surface area contributed by atoms with Gasteiger partial charge in [0.15, 0.2) is 11.5 Å². The van der Waals surface area contributed by atoms with Crippen molar-refractivity contribution in [3.05, 3.63) is 18.6 Å². The predicted octanol–water partition coefficient (Wildman–Crippen LogP) is 0.439. The highest BCUT2D eigenvalue weighted by atomic mass is 16.2. The van der Waals surface area contributed by atoms with Gasteiger partial charge in [0.1, 0.15) is 5.82 Å². The minimum atomic E-state index is 0.132. The molecule has 2 aromatic heterocycles. The Balaban J connectivity index is 1.90. The quantitative estimate of drug-likeness (QED) is 0.861. The van der Waals surface area contributed by atoms with Crippen molar-refractivity contribution in [1.29, 1.82) is 0 Å². The number of amides is 1. The van der Waals surface area contributed by atoms with E-state index in [2.05, 4.69) is 20.2 Å². The summed E-state index contributed by atoms with van der Waals surface area (Å²) in [7, 11) is 1.85. The summed E-state index contributed by atoms with van der Waals surface area (Å²) in [6.07, 6.45) is 5.59. The first kappa shape index (κ1) is 12.7. The summed E-state index contributed by atoms with van der Waals surface area (Å²) in [6.45, 7) is 4.63. The second-order valence-corrected chi connectivity index (χ2v) is 4.85. The highest BCUT2D eigenvalue weighted by molar-refractivity contribution is 5.74. The van der Waals surface area contributed by atoms with E-state index >= 15 is 0 Å². The maximum atomic E-state index is 11.4. The van der Waals surface area contributed by atoms with E-state index in [0.29, 0.717) is 0 Å². The Kier molecular flexibility index (Phi) is 3.17. The number of anilines is 2. The molecule has 3 rings (SSSR count). The fraction of sp³-hybridized carbons (Fsp3) is 0.462. The molecule has 2 aromatic rings. The molecule has 20 heavy (non-hydrogen) atoms. The van der Waals surface area contributed by atoms with Crippen LogP contribution in [0.15, 0.2) is 18.6 Å². The molecule has 3 heterocycles. The zero-order chi connectivity index (χ0) is 14.1. The van der Waals surface area contributed by atoms with Crippen LogP contribution in [0, 0.1) is 0 Å². The first-order valence-corrected chi connectivity index (χ1v) is 6.71. The number of hydrogen-bond donors (Lipinski definition) is 1. The standard InChI is InChI=1S/C13H18N6O/c1-10(20)17-5-7-18(8-6-17)13-12-15-3-4-19(12)9-11(14-2)16-13/h3-4,9,14H,5-8H2,1-2H3. The van der Waals surface area contributed by atoms with Crippen LogP contribution in [-0.4, -0.2) is 58.4 Å². The lowest BCUT2D eigenvalue weighted by Crippen LogP contribution is -2.48. The minimum Gasteiger partial charge on any atom is -0.372 e. The van der Waals surface area contributed by atoms with Crippen LogP contribution in [0.5, 0.6) is 0 Å². The molecule has 0 unspecified atom stereocenters. The molecule has 1 fully saturated rings. The van der Waals surface area contributed by atoms with Gasteiger partial charge < -0.3 is 19.5 Å². The zero-order valence-electron chi connectivity index (χ0n) is 11.7. The maximum Gasteiger partial charge on any atom is 0.219 e. The topological polar surface area (TPSA) is 65.8 Å². The summed E-state index contributed by atoms with van der Waals surface area (Å²) < 4.78 is 1.96. The largest absolute Gasteiger partial charge is 0.372 e. The Morgan fingerprint density at radius 1 is 1.30 bits per heavy atom. The molecule has 1 saturated heterocycles. The minimum absolute atomic E-state index is 0.132. The molecule has 0 bridgehead atoms. The van der Waals surface area contributed by atoms with Crippen molar-refractivity contribution < 1.29 is 4.79 Å². The number of carbonyl (C=O) groups is 1. The first-order valence-electron chi connectivity index (χ1n) is 6.71. The van der Waals surface area contributed by atoms with Gasteiger partial charge in [-0.25, -0.2) is 9.97 Å². The maximum absolute atomic E-state index is 11.4. The third-order valence-electron chi connectivity index (χ3n) is 3.64. The number of rotatable bonds is 2. The average Bonchev–Trinajstić information content (AvgIpc) is 2.94. The highest BCUT2D eigenvalue weighted by Crippen LogP contribution is 2.21. The monoisotopic (exact) mass is 274 g/mol. The molecule has 0 radical (unpaired) electrons. The van der Waals surface area contributed by atoms with E-state index in [1.54, 1.807) is 13.1 Å². The Hall–Kier alpha value is -2.31. The zero-order valence-corrected chi connectivity index (χ0v) is 11.7. The van der Waals surface area contributed by atoms with Crippen LogP contribution in [0.4, 0.5) is 11.6 Å². The molecule has 0 spiro atoms. The van der Waals surface area contributed by atoms with Gasteiger partial charge in [0.05, 0.1) is 6.20 Å². The van der Waals surface area contributed by atoms with Gasteiger partial charge in [0.2, 0.25) is 5.91 Å². The Labute approximate surface area is 117 Å². The first-order chi connectivity index (χ1) is 9.69. The second-order valence-electron chi connectivity index (χ2n) is 4.85. The lowest BCUT2D eigenvalue weighted by atomic mass is 10.3. The number of carbonyl (C=O) groups excluding carboxylic acids is 1. The van der Waals surface area contributed by atoms with Crippen LogP contribution in [0.1, 0.15) is 6.92 Å². The third kappa shape index (κ3) is 2.15. The Bertz CT molecular complexity index is 629. The summed E-state index contributed by atoms with van der Waals surface area (Å²) in [5.74, 6) is 1.80. The van der Waals surface area contributed by atoms with Crippen LogP contribution >= 0.6 is 0 Å². The van der Waals surface area contributed by atoms with Gasteiger partial charge in [-0.15, -0.1) is 0 Å². The van der Waals surface area contributed by atoms with Crippen molar-refractivity contribution in [3.8, 4) is 0 Å². The van der Waals surface area contributed by atoms with E-state index in [0.717, 1.165) is 43.5 Å². The van der Waals surface area contributed by atoms with E-state index in [1.807, 2.05) is 28.7 Å². The van der Waals surface area contributed by atoms with Gasteiger partial charge >= 0.3 is 0 Å². The summed E-state index contributed by atoms with van der Waals surface area (Å²) in [5, 5.41) is 3.06. The van der Waals surface area contributed by atoms with E-state index in [9.17, 15) is 4.79 Å². The molecule has 0 aromatic carbocycles. The molecule has 0 aliphatic carbocycles. The van der Waals surface area contributed by atoms with Crippen LogP contribution in [0.25, 0.3) is 5.65 Å². The number of aromatic nitrogens is 3. The van der Waals surface area contributed by atoms with Gasteiger partial charge in [-0.3, -0.25) is 4.79 Å². The Morgan fingerprint density at radius 3 is 2.70 bits per heavy atom. The van der Waals surface area contributed by atoms with Gasteiger partial charge in [0.25, 0.3) is 0 Å². The Morgan fingerprint density at radius 2 is 2.05 bits per heavy atom. The third-order valence-corrected chi connectivity index (χ3v) is 3.64. The lowest BCUT2D eigenvalue weighted by Gasteiger charge is -2.35. The number of piperazine rings is 1. The molecule has 0 atom stereocenters. The molecule has 1 aliphatic heterocycles.